The van der Waals surface area contributed by atoms with E-state index in [1.54, 1.807) is 14.2 Å². The molecule has 0 unspecified atom stereocenters. The molecule has 0 saturated carbocycles. The number of hydrogen-bond donors (Lipinski definition) is 1. The first kappa shape index (κ1) is 28.3. The molecule has 4 rings (SSSR count). The number of tetrazole rings is 1. The topological polar surface area (TPSA) is 98.2 Å². The Labute approximate surface area is 230 Å². The number of nitrogens with one attached hydrogen (secondary N) is 1. The van der Waals surface area contributed by atoms with Crippen LogP contribution in [0.5, 0.6) is 11.5 Å². The second kappa shape index (κ2) is 12.0. The van der Waals surface area contributed by atoms with Crippen molar-refractivity contribution in [3.05, 3.63) is 75.3 Å². The van der Waals surface area contributed by atoms with Gasteiger partial charge in [0, 0.05) is 24.2 Å². The molecular formula is C30H40N6O3. The smallest absolute Gasteiger partial charge is 0.252 e. The SMILES string of the molecule is CC[C@@H](c1nnnn1C(C)(C)CC)N(CCc1ccc(OC)c(OC)c1)Cc1cc2cc(C)ccc2[nH]c1=O. The summed E-state index contributed by atoms with van der Waals surface area (Å²) < 4.78 is 12.9. The van der Waals surface area contributed by atoms with E-state index in [1.807, 2.05) is 35.0 Å². The third kappa shape index (κ3) is 6.14. The first-order valence-electron chi connectivity index (χ1n) is 13.6. The van der Waals surface area contributed by atoms with Crippen LogP contribution < -0.4 is 15.0 Å². The summed E-state index contributed by atoms with van der Waals surface area (Å²) in [6.45, 7) is 11.8. The molecule has 0 fully saturated rings. The fourth-order valence-corrected chi connectivity index (χ4v) is 4.95. The van der Waals surface area contributed by atoms with Crippen molar-refractivity contribution in [3.63, 3.8) is 0 Å². The molecule has 9 heteroatoms. The van der Waals surface area contributed by atoms with Gasteiger partial charge in [-0.25, -0.2) is 4.68 Å². The number of pyridine rings is 1. The van der Waals surface area contributed by atoms with Gasteiger partial charge in [-0.15, -0.1) is 5.10 Å². The fourth-order valence-electron chi connectivity index (χ4n) is 4.95. The molecule has 9 nitrogen and oxygen atoms in total. The predicted octanol–water partition coefficient (Wildman–Crippen LogP) is 5.18. The molecule has 4 aromatic rings. The molecule has 0 spiro atoms. The molecule has 1 N–H and O–H groups in total. The molecule has 2 aromatic carbocycles. The fraction of sp³-hybridized carbons (Fsp3) is 0.467. The maximum absolute atomic E-state index is 13.2. The summed E-state index contributed by atoms with van der Waals surface area (Å²) in [7, 11) is 3.28. The van der Waals surface area contributed by atoms with E-state index in [0.717, 1.165) is 47.1 Å². The summed E-state index contributed by atoms with van der Waals surface area (Å²) in [5, 5.41) is 14.0. The summed E-state index contributed by atoms with van der Waals surface area (Å²) in [6, 6.07) is 14.0. The Morgan fingerprint density at radius 1 is 1.05 bits per heavy atom. The van der Waals surface area contributed by atoms with E-state index >= 15 is 0 Å². The first-order chi connectivity index (χ1) is 18.7. The van der Waals surface area contributed by atoms with E-state index in [4.69, 9.17) is 9.47 Å². The minimum absolute atomic E-state index is 0.0780. The molecule has 0 radical (unpaired) electrons. The third-order valence-electron chi connectivity index (χ3n) is 7.64. The summed E-state index contributed by atoms with van der Waals surface area (Å²) in [5.74, 6) is 2.21. The molecule has 0 bridgehead atoms. The van der Waals surface area contributed by atoms with Crippen LogP contribution in [0.15, 0.2) is 47.3 Å². The lowest BCUT2D eigenvalue weighted by Crippen LogP contribution is -2.37. The van der Waals surface area contributed by atoms with Gasteiger partial charge < -0.3 is 14.5 Å². The highest BCUT2D eigenvalue weighted by Crippen LogP contribution is 2.31. The molecular weight excluding hydrogens is 492 g/mol. The number of ether oxygens (including phenoxy) is 2. The highest BCUT2D eigenvalue weighted by molar-refractivity contribution is 5.79. The number of rotatable bonds is 12. The Hall–Kier alpha value is -3.72. The van der Waals surface area contributed by atoms with E-state index in [1.165, 1.54) is 0 Å². The normalized spacial score (nSPS) is 12.7. The standard InChI is InChI=1S/C30H40N6O3/c1-8-25(28-32-33-34-36(28)30(4,5)9-2)35(15-14-21-11-13-26(38-6)27(17-21)39-7)19-23-18-22-16-20(3)10-12-24(22)31-29(23)37/h10-13,16-18,25H,8-9,14-15,19H2,1-7H3,(H,31,37)/t25-/m0/s1. The van der Waals surface area contributed by atoms with Crippen LogP contribution in [0.25, 0.3) is 10.9 Å². The molecule has 208 valence electrons. The maximum Gasteiger partial charge on any atom is 0.252 e. The quantitative estimate of drug-likeness (QED) is 0.268. The van der Waals surface area contributed by atoms with Crippen LogP contribution in [0.3, 0.4) is 0 Å². The summed E-state index contributed by atoms with van der Waals surface area (Å²) in [6.07, 6.45) is 2.42. The highest BCUT2D eigenvalue weighted by Gasteiger charge is 2.31. The average molecular weight is 533 g/mol. The molecule has 0 amide bonds. The van der Waals surface area contributed by atoms with Gasteiger partial charge in [0.15, 0.2) is 17.3 Å². The van der Waals surface area contributed by atoms with Crippen molar-refractivity contribution in [3.8, 4) is 11.5 Å². The monoisotopic (exact) mass is 532 g/mol. The van der Waals surface area contributed by atoms with Crippen molar-refractivity contribution >= 4 is 10.9 Å². The number of methoxy groups -OCH3 is 2. The van der Waals surface area contributed by atoms with Crippen LogP contribution >= 0.6 is 0 Å². The number of aromatic amines is 1. The van der Waals surface area contributed by atoms with Crippen molar-refractivity contribution in [1.29, 1.82) is 0 Å². The predicted molar refractivity (Wildman–Crippen MR) is 153 cm³/mol. The van der Waals surface area contributed by atoms with Crippen LogP contribution in [0.2, 0.25) is 0 Å². The van der Waals surface area contributed by atoms with E-state index in [0.29, 0.717) is 30.2 Å². The zero-order chi connectivity index (χ0) is 28.2. The number of hydrogen-bond acceptors (Lipinski definition) is 7. The minimum Gasteiger partial charge on any atom is -0.493 e. The third-order valence-corrected chi connectivity index (χ3v) is 7.64. The Bertz CT molecular complexity index is 1480. The maximum atomic E-state index is 13.2. The van der Waals surface area contributed by atoms with Gasteiger partial charge in [-0.05, 0) is 91.7 Å². The van der Waals surface area contributed by atoms with Gasteiger partial charge in [0.2, 0.25) is 0 Å². The molecule has 0 aliphatic rings. The van der Waals surface area contributed by atoms with Gasteiger partial charge in [-0.3, -0.25) is 9.69 Å². The molecule has 0 aliphatic heterocycles. The van der Waals surface area contributed by atoms with Crippen molar-refractivity contribution in [2.45, 2.75) is 72.0 Å². The van der Waals surface area contributed by atoms with Crippen LogP contribution in [-0.4, -0.2) is 50.9 Å². The van der Waals surface area contributed by atoms with Gasteiger partial charge in [-0.1, -0.05) is 31.5 Å². The first-order valence-corrected chi connectivity index (χ1v) is 13.6. The van der Waals surface area contributed by atoms with Crippen molar-refractivity contribution in [2.75, 3.05) is 20.8 Å². The van der Waals surface area contributed by atoms with E-state index in [9.17, 15) is 4.79 Å². The molecule has 2 heterocycles. The second-order valence-corrected chi connectivity index (χ2v) is 10.7. The zero-order valence-electron chi connectivity index (χ0n) is 24.1. The number of benzene rings is 2. The molecule has 2 aromatic heterocycles. The minimum atomic E-state index is -0.237. The van der Waals surface area contributed by atoms with Crippen molar-refractivity contribution in [2.24, 2.45) is 0 Å². The summed E-state index contributed by atoms with van der Waals surface area (Å²) in [5.41, 5.74) is 3.51. The van der Waals surface area contributed by atoms with Gasteiger partial charge in [-0.2, -0.15) is 0 Å². The van der Waals surface area contributed by atoms with Crippen molar-refractivity contribution < 1.29 is 9.47 Å². The number of aromatic nitrogens is 5. The van der Waals surface area contributed by atoms with Gasteiger partial charge >= 0.3 is 0 Å². The Balaban J connectivity index is 1.73. The highest BCUT2D eigenvalue weighted by atomic mass is 16.5. The molecule has 39 heavy (non-hydrogen) atoms. The Kier molecular flexibility index (Phi) is 8.70. The lowest BCUT2D eigenvalue weighted by Gasteiger charge is -2.33. The lowest BCUT2D eigenvalue weighted by molar-refractivity contribution is 0.160. The largest absolute Gasteiger partial charge is 0.493 e. The van der Waals surface area contributed by atoms with Crippen LogP contribution in [0.4, 0.5) is 0 Å². The van der Waals surface area contributed by atoms with Crippen LogP contribution in [0.1, 0.15) is 69.1 Å². The van der Waals surface area contributed by atoms with Gasteiger partial charge in [0.1, 0.15) is 0 Å². The van der Waals surface area contributed by atoms with E-state index in [-0.39, 0.29) is 17.1 Å². The van der Waals surface area contributed by atoms with E-state index in [2.05, 4.69) is 72.2 Å². The average Bonchev–Trinajstić information content (AvgIpc) is 3.43. The Morgan fingerprint density at radius 2 is 1.82 bits per heavy atom. The molecule has 1 atom stereocenters. The second-order valence-electron chi connectivity index (χ2n) is 10.7. The number of aryl methyl sites for hydroxylation is 1. The van der Waals surface area contributed by atoms with Gasteiger partial charge in [0.05, 0.1) is 25.8 Å². The summed E-state index contributed by atoms with van der Waals surface area (Å²) >= 11 is 0. The number of nitrogens with zero attached hydrogens (tertiary/aromatic N) is 5. The lowest BCUT2D eigenvalue weighted by atomic mass is 10.0. The molecule has 0 aliphatic carbocycles. The van der Waals surface area contributed by atoms with Crippen LogP contribution in [-0.2, 0) is 18.5 Å². The summed E-state index contributed by atoms with van der Waals surface area (Å²) in [4.78, 5) is 18.6. The van der Waals surface area contributed by atoms with Gasteiger partial charge in [0.25, 0.3) is 5.56 Å². The van der Waals surface area contributed by atoms with Crippen LogP contribution in [0, 0.1) is 6.92 Å². The van der Waals surface area contributed by atoms with Crippen molar-refractivity contribution in [1.82, 2.24) is 30.1 Å². The number of fused-ring (bicyclic) bond motifs is 1. The van der Waals surface area contributed by atoms with E-state index < -0.39 is 0 Å². The molecule has 0 saturated heterocycles. The zero-order valence-corrected chi connectivity index (χ0v) is 24.1. The number of H-pyrrole nitrogens is 1. The Morgan fingerprint density at radius 3 is 2.51 bits per heavy atom.